The van der Waals surface area contributed by atoms with Gasteiger partial charge in [0.25, 0.3) is 0 Å². The van der Waals surface area contributed by atoms with Crippen LogP contribution in [0.5, 0.6) is 0 Å². The molecule has 1 aromatic carbocycles. The summed E-state index contributed by atoms with van der Waals surface area (Å²) in [7, 11) is 0. The number of thiocyanates is 1. The van der Waals surface area contributed by atoms with Crippen molar-refractivity contribution in [3.8, 4) is 5.40 Å². The van der Waals surface area contributed by atoms with Gasteiger partial charge in [0, 0.05) is 22.5 Å². The number of carbonyl (C=O) groups excluding carboxylic acids is 1. The maximum Gasteiger partial charge on any atom is 0.234 e. The van der Waals surface area contributed by atoms with Crippen molar-refractivity contribution in [2.24, 2.45) is 0 Å². The Balaban J connectivity index is 1.42. The molecule has 1 heterocycles. The van der Waals surface area contributed by atoms with Crippen LogP contribution in [-0.4, -0.2) is 26.4 Å². The van der Waals surface area contributed by atoms with Gasteiger partial charge in [0.15, 0.2) is 5.16 Å². The first kappa shape index (κ1) is 18.4. The van der Waals surface area contributed by atoms with E-state index < -0.39 is 0 Å². The number of anilines is 1. The van der Waals surface area contributed by atoms with Crippen molar-refractivity contribution in [3.63, 3.8) is 0 Å². The Labute approximate surface area is 167 Å². The van der Waals surface area contributed by atoms with Crippen LogP contribution in [0.4, 0.5) is 5.69 Å². The predicted octanol–water partition coefficient (Wildman–Crippen LogP) is 4.41. The van der Waals surface area contributed by atoms with Gasteiger partial charge in [0.1, 0.15) is 11.2 Å². The maximum atomic E-state index is 12.5. The van der Waals surface area contributed by atoms with Crippen LogP contribution in [0.25, 0.3) is 0 Å². The SMILES string of the molecule is Cc1cc(SC#N)cc(C)c1NC(=O)CSc1nnc(C2CC2)n1C1CC1. The lowest BCUT2D eigenvalue weighted by atomic mass is 10.1. The molecular formula is C19H21N5OS2. The van der Waals surface area contributed by atoms with Gasteiger partial charge in [0.05, 0.1) is 5.75 Å². The molecule has 0 saturated heterocycles. The number of amides is 1. The molecule has 6 nitrogen and oxygen atoms in total. The van der Waals surface area contributed by atoms with Crippen LogP contribution in [-0.2, 0) is 4.79 Å². The number of nitriles is 1. The molecule has 0 spiro atoms. The largest absolute Gasteiger partial charge is 0.325 e. The third-order valence-electron chi connectivity index (χ3n) is 4.81. The van der Waals surface area contributed by atoms with Gasteiger partial charge in [-0.15, -0.1) is 10.2 Å². The molecule has 2 aliphatic rings. The van der Waals surface area contributed by atoms with Gasteiger partial charge in [-0.25, -0.2) is 0 Å². The topological polar surface area (TPSA) is 83.6 Å². The maximum absolute atomic E-state index is 12.5. The van der Waals surface area contributed by atoms with Crippen LogP contribution in [0.2, 0.25) is 0 Å². The Morgan fingerprint density at radius 3 is 2.56 bits per heavy atom. The van der Waals surface area contributed by atoms with E-state index in [1.54, 1.807) is 0 Å². The number of aromatic nitrogens is 3. The van der Waals surface area contributed by atoms with Crippen molar-refractivity contribution < 1.29 is 4.79 Å². The molecule has 0 bridgehead atoms. The van der Waals surface area contributed by atoms with Crippen LogP contribution in [0.3, 0.4) is 0 Å². The fourth-order valence-corrected chi connectivity index (χ4v) is 4.61. The van der Waals surface area contributed by atoms with Crippen LogP contribution >= 0.6 is 23.5 Å². The van der Waals surface area contributed by atoms with Gasteiger partial charge < -0.3 is 9.88 Å². The number of hydrogen-bond acceptors (Lipinski definition) is 6. The zero-order valence-electron chi connectivity index (χ0n) is 15.4. The molecule has 1 amide bonds. The molecule has 8 heteroatoms. The highest BCUT2D eigenvalue weighted by Gasteiger charge is 2.36. The zero-order chi connectivity index (χ0) is 19.0. The predicted molar refractivity (Wildman–Crippen MR) is 107 cm³/mol. The Hall–Kier alpha value is -1.98. The number of nitrogens with one attached hydrogen (secondary N) is 1. The number of carbonyl (C=O) groups is 1. The Bertz CT molecular complexity index is 902. The first-order valence-corrected chi connectivity index (χ1v) is 10.9. The Morgan fingerprint density at radius 2 is 1.96 bits per heavy atom. The molecule has 0 unspecified atom stereocenters. The van der Waals surface area contributed by atoms with E-state index in [9.17, 15) is 4.79 Å². The number of rotatable bonds is 7. The van der Waals surface area contributed by atoms with E-state index in [0.717, 1.165) is 44.5 Å². The van der Waals surface area contributed by atoms with Gasteiger partial charge in [-0.05, 0) is 74.6 Å². The van der Waals surface area contributed by atoms with E-state index >= 15 is 0 Å². The molecule has 4 rings (SSSR count). The summed E-state index contributed by atoms with van der Waals surface area (Å²) in [6, 6.07) is 4.38. The van der Waals surface area contributed by atoms with Gasteiger partial charge in [0.2, 0.25) is 5.91 Å². The zero-order valence-corrected chi connectivity index (χ0v) is 17.0. The lowest BCUT2D eigenvalue weighted by Crippen LogP contribution is -2.16. The molecule has 0 radical (unpaired) electrons. The molecule has 0 atom stereocenters. The summed E-state index contributed by atoms with van der Waals surface area (Å²) in [5, 5.41) is 23.5. The van der Waals surface area contributed by atoms with Crippen LogP contribution in [0.1, 0.15) is 54.6 Å². The third kappa shape index (κ3) is 4.14. The fourth-order valence-electron chi connectivity index (χ4n) is 3.22. The van der Waals surface area contributed by atoms with Crippen molar-refractivity contribution >= 4 is 35.1 Å². The summed E-state index contributed by atoms with van der Waals surface area (Å²) < 4.78 is 2.26. The van der Waals surface area contributed by atoms with E-state index in [4.69, 9.17) is 5.26 Å². The van der Waals surface area contributed by atoms with Crippen LogP contribution < -0.4 is 5.32 Å². The lowest BCUT2D eigenvalue weighted by Gasteiger charge is -2.13. The molecule has 1 N–H and O–H groups in total. The van der Waals surface area contributed by atoms with Crippen molar-refractivity contribution in [1.82, 2.24) is 14.8 Å². The monoisotopic (exact) mass is 399 g/mol. The Morgan fingerprint density at radius 1 is 1.26 bits per heavy atom. The van der Waals surface area contributed by atoms with Gasteiger partial charge >= 0.3 is 0 Å². The summed E-state index contributed by atoms with van der Waals surface area (Å²) in [4.78, 5) is 13.4. The van der Waals surface area contributed by atoms with E-state index in [1.165, 1.54) is 37.4 Å². The fraction of sp³-hybridized carbons (Fsp3) is 0.474. The van der Waals surface area contributed by atoms with E-state index in [1.807, 2.05) is 26.0 Å². The van der Waals surface area contributed by atoms with Crippen molar-refractivity contribution in [2.45, 2.75) is 61.5 Å². The molecule has 2 aromatic rings. The number of benzene rings is 1. The number of nitrogens with zero attached hydrogens (tertiary/aromatic N) is 4. The summed E-state index contributed by atoms with van der Waals surface area (Å²) in [6.45, 7) is 3.89. The smallest absolute Gasteiger partial charge is 0.234 e. The van der Waals surface area contributed by atoms with E-state index in [-0.39, 0.29) is 5.91 Å². The summed E-state index contributed by atoms with van der Waals surface area (Å²) >= 11 is 2.59. The normalized spacial score (nSPS) is 16.2. The van der Waals surface area contributed by atoms with E-state index in [0.29, 0.717) is 17.7 Å². The van der Waals surface area contributed by atoms with Crippen LogP contribution in [0, 0.1) is 24.5 Å². The minimum absolute atomic E-state index is 0.0507. The van der Waals surface area contributed by atoms with Crippen molar-refractivity contribution in [1.29, 1.82) is 5.26 Å². The second kappa shape index (κ2) is 7.56. The Kier molecular flexibility index (Phi) is 5.15. The summed E-state index contributed by atoms with van der Waals surface area (Å²) in [5.74, 6) is 1.93. The van der Waals surface area contributed by atoms with Crippen molar-refractivity contribution in [2.75, 3.05) is 11.1 Å². The highest BCUT2D eigenvalue weighted by Crippen LogP contribution is 2.46. The average Bonchev–Trinajstić information content (AvgIpc) is 3.55. The highest BCUT2D eigenvalue weighted by molar-refractivity contribution is 8.03. The molecule has 2 fully saturated rings. The lowest BCUT2D eigenvalue weighted by molar-refractivity contribution is -0.113. The van der Waals surface area contributed by atoms with Crippen molar-refractivity contribution in [3.05, 3.63) is 29.1 Å². The summed E-state index contributed by atoms with van der Waals surface area (Å²) in [6.07, 6.45) is 4.77. The van der Waals surface area contributed by atoms with Gasteiger partial charge in [-0.3, -0.25) is 4.79 Å². The minimum atomic E-state index is -0.0507. The second-order valence-electron chi connectivity index (χ2n) is 7.18. The minimum Gasteiger partial charge on any atom is -0.325 e. The molecular weight excluding hydrogens is 378 g/mol. The summed E-state index contributed by atoms with van der Waals surface area (Å²) in [5.41, 5.74) is 2.75. The highest BCUT2D eigenvalue weighted by atomic mass is 32.2. The molecule has 1 aromatic heterocycles. The first-order valence-electron chi connectivity index (χ1n) is 9.11. The van der Waals surface area contributed by atoms with E-state index in [2.05, 4.69) is 25.5 Å². The van der Waals surface area contributed by atoms with Gasteiger partial charge in [-0.1, -0.05) is 11.8 Å². The number of aryl methyl sites for hydroxylation is 2. The average molecular weight is 400 g/mol. The van der Waals surface area contributed by atoms with Gasteiger partial charge in [-0.2, -0.15) is 5.26 Å². The standard InChI is InChI=1S/C19H21N5OS2/c1-11-7-15(27-10-20)8-12(2)17(11)21-16(25)9-26-19-23-22-18(13-3-4-13)24(19)14-5-6-14/h7-8,13-14H,3-6,9H2,1-2H3,(H,21,25). The number of hydrogen-bond donors (Lipinski definition) is 1. The third-order valence-corrected chi connectivity index (χ3v) is 6.32. The molecule has 2 saturated carbocycles. The first-order chi connectivity index (χ1) is 13.1. The molecule has 0 aliphatic heterocycles. The molecule has 140 valence electrons. The molecule has 27 heavy (non-hydrogen) atoms. The van der Waals surface area contributed by atoms with Crippen LogP contribution in [0.15, 0.2) is 22.2 Å². The second-order valence-corrected chi connectivity index (χ2v) is 8.98. The number of thioether (sulfide) groups is 2. The quantitative estimate of drug-likeness (QED) is 0.548. The molecule has 2 aliphatic carbocycles.